The normalized spacial score (nSPS) is 11.7. The summed E-state index contributed by atoms with van der Waals surface area (Å²) in [5.41, 5.74) is -0.704. The van der Waals surface area contributed by atoms with Crippen molar-refractivity contribution in [2.45, 2.75) is 18.0 Å². The Morgan fingerprint density at radius 1 is 1.07 bits per heavy atom. The van der Waals surface area contributed by atoms with Crippen molar-refractivity contribution in [1.82, 2.24) is 9.97 Å². The molecular weight excluding hydrogens is 421 g/mol. The van der Waals surface area contributed by atoms with Crippen LogP contribution in [0.15, 0.2) is 66.0 Å². The molecule has 0 unspecified atom stereocenters. The Morgan fingerprint density at radius 2 is 1.77 bits per heavy atom. The lowest BCUT2D eigenvalue weighted by molar-refractivity contribution is -0.137. The monoisotopic (exact) mass is 436 g/mol. The summed E-state index contributed by atoms with van der Waals surface area (Å²) in [4.78, 5) is 19.6. The summed E-state index contributed by atoms with van der Waals surface area (Å²) >= 11 is 0. The van der Waals surface area contributed by atoms with Gasteiger partial charge in [-0.1, -0.05) is 17.7 Å². The van der Waals surface area contributed by atoms with Crippen LogP contribution in [0.25, 0.3) is 0 Å². The molecule has 0 aliphatic rings. The van der Waals surface area contributed by atoms with Crippen LogP contribution in [-0.4, -0.2) is 24.3 Å². The lowest BCUT2D eigenvalue weighted by atomic mass is 10.2. The lowest BCUT2D eigenvalue weighted by Crippen LogP contribution is -2.19. The number of hydrogen-bond acceptors (Lipinski definition) is 5. The van der Waals surface area contributed by atoms with Gasteiger partial charge in [0.05, 0.1) is 21.7 Å². The number of nitrogens with zero attached hydrogens (tertiary/aromatic N) is 2. The van der Waals surface area contributed by atoms with E-state index in [2.05, 4.69) is 20.0 Å². The predicted molar refractivity (Wildman–Crippen MR) is 103 cm³/mol. The van der Waals surface area contributed by atoms with Gasteiger partial charge in [0.15, 0.2) is 5.82 Å². The standard InChI is InChI=1S/C19H15F3N4O3S/c1-12-4-6-15(7-5-12)30(28,29)26-17-16(9-14(11-24-17)19(20,21)22)25-18(27)13-3-2-8-23-10-13/h2-11H,1H3,(H,24,26)(H,25,27). The number of alkyl halides is 3. The zero-order chi connectivity index (χ0) is 21.9. The van der Waals surface area contributed by atoms with Gasteiger partial charge >= 0.3 is 6.18 Å². The van der Waals surface area contributed by atoms with E-state index < -0.39 is 39.2 Å². The second kappa shape index (κ2) is 8.11. The second-order valence-electron chi connectivity index (χ2n) is 6.23. The largest absolute Gasteiger partial charge is 0.417 e. The number of sulfonamides is 1. The molecule has 0 spiro atoms. The van der Waals surface area contributed by atoms with Crippen LogP contribution < -0.4 is 10.0 Å². The molecule has 1 amide bonds. The first-order valence-corrected chi connectivity index (χ1v) is 9.93. The van der Waals surface area contributed by atoms with Gasteiger partial charge in [-0.2, -0.15) is 13.2 Å². The fourth-order valence-corrected chi connectivity index (χ4v) is 3.42. The molecule has 3 rings (SSSR count). The molecule has 2 aromatic heterocycles. The molecule has 7 nitrogen and oxygen atoms in total. The van der Waals surface area contributed by atoms with E-state index in [1.54, 1.807) is 19.1 Å². The molecular formula is C19H15F3N4O3S. The van der Waals surface area contributed by atoms with Gasteiger partial charge in [0.25, 0.3) is 15.9 Å². The van der Waals surface area contributed by atoms with Gasteiger partial charge in [0, 0.05) is 18.6 Å². The highest BCUT2D eigenvalue weighted by atomic mass is 32.2. The van der Waals surface area contributed by atoms with Crippen LogP contribution in [0.5, 0.6) is 0 Å². The molecule has 2 heterocycles. The highest BCUT2D eigenvalue weighted by Gasteiger charge is 2.32. The number of benzene rings is 1. The number of carbonyl (C=O) groups is 1. The average molecular weight is 436 g/mol. The maximum atomic E-state index is 13.1. The summed E-state index contributed by atoms with van der Waals surface area (Å²) in [6.45, 7) is 1.77. The van der Waals surface area contributed by atoms with E-state index in [0.29, 0.717) is 12.3 Å². The van der Waals surface area contributed by atoms with Gasteiger partial charge in [0.2, 0.25) is 0 Å². The predicted octanol–water partition coefficient (Wildman–Crippen LogP) is 3.86. The summed E-state index contributed by atoms with van der Waals surface area (Å²) in [6, 6.07) is 9.30. The van der Waals surface area contributed by atoms with Crippen LogP contribution in [0.1, 0.15) is 21.5 Å². The number of aryl methyl sites for hydroxylation is 1. The summed E-state index contributed by atoms with van der Waals surface area (Å²) in [5, 5.41) is 2.25. The van der Waals surface area contributed by atoms with Gasteiger partial charge in [-0.3, -0.25) is 14.5 Å². The first kappa shape index (κ1) is 21.2. The topological polar surface area (TPSA) is 101 Å². The highest BCUT2D eigenvalue weighted by molar-refractivity contribution is 7.92. The third-order valence-corrected chi connectivity index (χ3v) is 5.30. The molecule has 0 saturated carbocycles. The van der Waals surface area contributed by atoms with Crippen molar-refractivity contribution >= 4 is 27.4 Å². The number of amides is 1. The van der Waals surface area contributed by atoms with Crippen molar-refractivity contribution < 1.29 is 26.4 Å². The number of halogens is 3. The highest BCUT2D eigenvalue weighted by Crippen LogP contribution is 2.33. The molecule has 0 aliphatic heterocycles. The minimum atomic E-state index is -4.74. The lowest BCUT2D eigenvalue weighted by Gasteiger charge is -2.15. The van der Waals surface area contributed by atoms with Crippen LogP contribution in [0.4, 0.5) is 24.7 Å². The Hall–Kier alpha value is -3.47. The molecule has 3 aromatic rings. The van der Waals surface area contributed by atoms with E-state index in [0.717, 1.165) is 5.56 Å². The first-order chi connectivity index (χ1) is 14.1. The van der Waals surface area contributed by atoms with Crippen LogP contribution >= 0.6 is 0 Å². The molecule has 0 fully saturated rings. The Labute approximate surface area is 170 Å². The van der Waals surface area contributed by atoms with Crippen molar-refractivity contribution in [3.8, 4) is 0 Å². The van der Waals surface area contributed by atoms with Crippen molar-refractivity contribution in [3.63, 3.8) is 0 Å². The third kappa shape index (κ3) is 4.92. The van der Waals surface area contributed by atoms with Gasteiger partial charge in [-0.25, -0.2) is 13.4 Å². The molecule has 156 valence electrons. The molecule has 1 aromatic carbocycles. The number of rotatable bonds is 5. The number of aromatic nitrogens is 2. The van der Waals surface area contributed by atoms with Crippen molar-refractivity contribution in [3.05, 3.63) is 77.7 Å². The molecule has 0 aliphatic carbocycles. The van der Waals surface area contributed by atoms with Crippen LogP contribution in [0.3, 0.4) is 0 Å². The quantitative estimate of drug-likeness (QED) is 0.633. The number of anilines is 2. The van der Waals surface area contributed by atoms with E-state index >= 15 is 0 Å². The summed E-state index contributed by atoms with van der Waals surface area (Å²) in [7, 11) is -4.16. The van der Waals surface area contributed by atoms with Crippen molar-refractivity contribution in [2.75, 3.05) is 10.0 Å². The van der Waals surface area contributed by atoms with Gasteiger partial charge in [0.1, 0.15) is 0 Å². The molecule has 0 saturated heterocycles. The molecule has 2 N–H and O–H groups in total. The Balaban J connectivity index is 1.99. The molecule has 0 atom stereocenters. The SMILES string of the molecule is Cc1ccc(S(=O)(=O)Nc2ncc(C(F)(F)F)cc2NC(=O)c2cccnc2)cc1. The van der Waals surface area contributed by atoms with Gasteiger partial charge in [-0.15, -0.1) is 0 Å². The number of nitrogens with one attached hydrogen (secondary N) is 2. The second-order valence-corrected chi connectivity index (χ2v) is 7.91. The number of pyridine rings is 2. The fourth-order valence-electron chi connectivity index (χ4n) is 2.39. The Kier molecular flexibility index (Phi) is 5.74. The van der Waals surface area contributed by atoms with E-state index in [9.17, 15) is 26.4 Å². The number of carbonyl (C=O) groups excluding carboxylic acids is 1. The summed E-state index contributed by atoms with van der Waals surface area (Å²) in [5.74, 6) is -1.24. The van der Waals surface area contributed by atoms with Gasteiger partial charge in [-0.05, 0) is 37.3 Å². The Morgan fingerprint density at radius 3 is 2.37 bits per heavy atom. The van der Waals surface area contributed by atoms with Crippen molar-refractivity contribution in [2.24, 2.45) is 0 Å². The zero-order valence-corrected chi connectivity index (χ0v) is 16.3. The van der Waals surface area contributed by atoms with Crippen LogP contribution in [0.2, 0.25) is 0 Å². The third-order valence-electron chi connectivity index (χ3n) is 3.95. The summed E-state index contributed by atoms with van der Waals surface area (Å²) < 4.78 is 66.6. The molecule has 11 heteroatoms. The average Bonchev–Trinajstić information content (AvgIpc) is 2.69. The van der Waals surface area contributed by atoms with E-state index in [1.165, 1.54) is 36.7 Å². The maximum absolute atomic E-state index is 13.1. The number of hydrogen-bond donors (Lipinski definition) is 2. The molecule has 30 heavy (non-hydrogen) atoms. The molecule has 0 radical (unpaired) electrons. The fraction of sp³-hybridized carbons (Fsp3) is 0.105. The van der Waals surface area contributed by atoms with E-state index in [4.69, 9.17) is 0 Å². The Bertz CT molecular complexity index is 1170. The van der Waals surface area contributed by atoms with Crippen LogP contribution in [0, 0.1) is 6.92 Å². The van der Waals surface area contributed by atoms with Crippen molar-refractivity contribution in [1.29, 1.82) is 0 Å². The van der Waals surface area contributed by atoms with E-state index in [-0.39, 0.29) is 10.5 Å². The van der Waals surface area contributed by atoms with Crippen LogP contribution in [-0.2, 0) is 16.2 Å². The first-order valence-electron chi connectivity index (χ1n) is 8.44. The minimum absolute atomic E-state index is 0.0715. The molecule has 0 bridgehead atoms. The zero-order valence-electron chi connectivity index (χ0n) is 15.4. The smallest absolute Gasteiger partial charge is 0.319 e. The van der Waals surface area contributed by atoms with Gasteiger partial charge < -0.3 is 5.32 Å². The van der Waals surface area contributed by atoms with E-state index in [1.807, 2.05) is 0 Å². The maximum Gasteiger partial charge on any atom is 0.417 e. The minimum Gasteiger partial charge on any atom is -0.319 e. The summed E-state index contributed by atoms with van der Waals surface area (Å²) in [6.07, 6.45) is -1.63.